The van der Waals surface area contributed by atoms with Gasteiger partial charge >= 0.3 is 0 Å². The van der Waals surface area contributed by atoms with E-state index in [0.717, 1.165) is 13.0 Å². The normalized spacial score (nSPS) is 19.7. The van der Waals surface area contributed by atoms with Gasteiger partial charge in [-0.1, -0.05) is 91.4 Å². The lowest BCUT2D eigenvalue weighted by Gasteiger charge is -2.45. The largest absolute Gasteiger partial charge is 0.311 e. The molecule has 0 amide bonds. The minimum atomic E-state index is 0.544. The molecule has 2 unspecified atom stereocenters. The van der Waals surface area contributed by atoms with E-state index >= 15 is 0 Å². The molecule has 4 aromatic rings. The summed E-state index contributed by atoms with van der Waals surface area (Å²) in [6, 6.07) is 42.6. The fourth-order valence-electron chi connectivity index (χ4n) is 5.80. The third-order valence-corrected chi connectivity index (χ3v) is 7.51. The first-order valence-electron chi connectivity index (χ1n) is 12.9. The molecular formula is C33H32N2. The Balaban J connectivity index is 1.27. The van der Waals surface area contributed by atoms with Crippen molar-refractivity contribution in [1.82, 2.24) is 4.90 Å². The first-order chi connectivity index (χ1) is 17.3. The lowest BCUT2D eigenvalue weighted by atomic mass is 9.82. The molecule has 4 aromatic carbocycles. The average Bonchev–Trinajstić information content (AvgIpc) is 2.91. The highest BCUT2D eigenvalue weighted by molar-refractivity contribution is 5.78. The van der Waals surface area contributed by atoms with Crippen LogP contribution in [-0.2, 0) is 6.54 Å². The highest BCUT2D eigenvalue weighted by atomic mass is 15.2. The summed E-state index contributed by atoms with van der Waals surface area (Å²) in [5, 5.41) is 0. The van der Waals surface area contributed by atoms with Crippen molar-refractivity contribution in [1.29, 1.82) is 0 Å². The fraction of sp³-hybridized carbons (Fsp3) is 0.212. The van der Waals surface area contributed by atoms with E-state index in [4.69, 9.17) is 0 Å². The van der Waals surface area contributed by atoms with E-state index in [-0.39, 0.29) is 0 Å². The summed E-state index contributed by atoms with van der Waals surface area (Å²) in [4.78, 5) is 5.07. The van der Waals surface area contributed by atoms with Crippen LogP contribution in [0.25, 0.3) is 5.57 Å². The molecule has 0 N–H and O–H groups in total. The van der Waals surface area contributed by atoms with Gasteiger partial charge in [0.15, 0.2) is 0 Å². The Morgan fingerprint density at radius 2 is 1.20 bits per heavy atom. The lowest BCUT2D eigenvalue weighted by Crippen LogP contribution is -2.47. The Kier molecular flexibility index (Phi) is 6.21. The van der Waals surface area contributed by atoms with Gasteiger partial charge in [-0.2, -0.15) is 0 Å². The van der Waals surface area contributed by atoms with Crippen molar-refractivity contribution in [2.45, 2.75) is 44.3 Å². The molecule has 2 heterocycles. The number of hydrogen-bond acceptors (Lipinski definition) is 2. The second kappa shape index (κ2) is 9.93. The zero-order chi connectivity index (χ0) is 23.5. The number of fused-ring (bicyclic) bond motifs is 2. The minimum absolute atomic E-state index is 0.544. The van der Waals surface area contributed by atoms with Crippen LogP contribution in [0, 0.1) is 0 Å². The maximum absolute atomic E-state index is 2.74. The van der Waals surface area contributed by atoms with Crippen molar-refractivity contribution in [2.75, 3.05) is 4.90 Å². The van der Waals surface area contributed by atoms with E-state index in [0.29, 0.717) is 12.1 Å². The quantitative estimate of drug-likeness (QED) is 0.287. The molecule has 0 aromatic heterocycles. The van der Waals surface area contributed by atoms with E-state index in [9.17, 15) is 0 Å². The zero-order valence-corrected chi connectivity index (χ0v) is 20.1. The molecule has 0 spiro atoms. The molecule has 6 rings (SSSR count). The molecule has 0 radical (unpaired) electrons. The second-order valence-corrected chi connectivity index (χ2v) is 9.76. The predicted octanol–water partition coefficient (Wildman–Crippen LogP) is 8.37. The molecule has 2 aliphatic heterocycles. The molecule has 2 aliphatic rings. The van der Waals surface area contributed by atoms with Crippen molar-refractivity contribution in [3.8, 4) is 0 Å². The number of piperidine rings is 1. The monoisotopic (exact) mass is 456 g/mol. The topological polar surface area (TPSA) is 6.48 Å². The first-order valence-corrected chi connectivity index (χ1v) is 12.9. The zero-order valence-electron chi connectivity index (χ0n) is 20.1. The van der Waals surface area contributed by atoms with Gasteiger partial charge < -0.3 is 4.90 Å². The van der Waals surface area contributed by atoms with Gasteiger partial charge in [0.25, 0.3) is 0 Å². The third kappa shape index (κ3) is 4.67. The predicted molar refractivity (Wildman–Crippen MR) is 147 cm³/mol. The molecule has 1 saturated heterocycles. The molecule has 2 nitrogen and oxygen atoms in total. The first kappa shape index (κ1) is 21.9. The summed E-state index contributed by atoms with van der Waals surface area (Å²) in [5.41, 5.74) is 7.84. The van der Waals surface area contributed by atoms with Crippen molar-refractivity contribution in [2.24, 2.45) is 0 Å². The molecule has 2 atom stereocenters. The Hall–Kier alpha value is -3.62. The van der Waals surface area contributed by atoms with E-state index in [1.165, 1.54) is 53.0 Å². The number of hydrogen-bond donors (Lipinski definition) is 0. The number of para-hydroxylation sites is 2. The molecule has 1 fully saturated rings. The summed E-state index contributed by atoms with van der Waals surface area (Å²) in [5.74, 6) is 0. The molecule has 0 saturated carbocycles. The maximum Gasteiger partial charge on any atom is 0.0462 e. The van der Waals surface area contributed by atoms with Crippen LogP contribution >= 0.6 is 0 Å². The van der Waals surface area contributed by atoms with Crippen LogP contribution in [0.2, 0.25) is 0 Å². The van der Waals surface area contributed by atoms with Crippen LogP contribution in [0.1, 0.15) is 36.8 Å². The van der Waals surface area contributed by atoms with Crippen molar-refractivity contribution in [3.05, 3.63) is 132 Å². The van der Waals surface area contributed by atoms with Crippen molar-refractivity contribution < 1.29 is 0 Å². The van der Waals surface area contributed by atoms with Crippen LogP contribution in [0.4, 0.5) is 17.1 Å². The van der Waals surface area contributed by atoms with E-state index < -0.39 is 0 Å². The summed E-state index contributed by atoms with van der Waals surface area (Å²) < 4.78 is 0. The number of anilines is 3. The molecular weight excluding hydrogens is 424 g/mol. The smallest absolute Gasteiger partial charge is 0.0462 e. The summed E-state index contributed by atoms with van der Waals surface area (Å²) in [6.07, 6.45) is 7.60. The van der Waals surface area contributed by atoms with Crippen LogP contribution in [0.5, 0.6) is 0 Å². The van der Waals surface area contributed by atoms with E-state index in [1.807, 2.05) is 0 Å². The molecule has 2 bridgehead atoms. The van der Waals surface area contributed by atoms with Crippen LogP contribution in [0.3, 0.4) is 0 Å². The van der Waals surface area contributed by atoms with Crippen LogP contribution in [-0.4, -0.2) is 17.0 Å². The maximum atomic E-state index is 2.74. The number of rotatable bonds is 6. The summed E-state index contributed by atoms with van der Waals surface area (Å²) >= 11 is 0. The Labute approximate surface area is 209 Å². The minimum Gasteiger partial charge on any atom is -0.311 e. The van der Waals surface area contributed by atoms with Gasteiger partial charge in [-0.05, 0) is 72.4 Å². The van der Waals surface area contributed by atoms with Gasteiger partial charge in [0.2, 0.25) is 0 Å². The highest BCUT2D eigenvalue weighted by Gasteiger charge is 2.34. The van der Waals surface area contributed by atoms with Gasteiger partial charge in [0.1, 0.15) is 0 Å². The molecule has 0 aliphatic carbocycles. The molecule has 35 heavy (non-hydrogen) atoms. The van der Waals surface area contributed by atoms with Gasteiger partial charge in [0, 0.05) is 35.7 Å². The summed E-state index contributed by atoms with van der Waals surface area (Å²) in [7, 11) is 0. The van der Waals surface area contributed by atoms with Gasteiger partial charge in [0.05, 0.1) is 0 Å². The molecule has 2 heteroatoms. The lowest BCUT2D eigenvalue weighted by molar-refractivity contribution is 0.0951. The van der Waals surface area contributed by atoms with Gasteiger partial charge in [-0.25, -0.2) is 0 Å². The van der Waals surface area contributed by atoms with Crippen molar-refractivity contribution in [3.63, 3.8) is 0 Å². The van der Waals surface area contributed by atoms with Crippen molar-refractivity contribution >= 4 is 22.6 Å². The standard InChI is InChI=1S/C33H32N2/c1-4-11-26(12-5-1)25-34-32-17-10-18-33(34)24-28(23-32)27-19-21-31(22-20-27)35(29-13-6-2-7-14-29)30-15-8-3-9-16-30/h1-9,11-16,19-23,32-33H,10,17-18,24-25H2. The Bertz CT molecular complexity index is 1220. The number of benzene rings is 4. The Morgan fingerprint density at radius 3 is 1.80 bits per heavy atom. The fourth-order valence-corrected chi connectivity index (χ4v) is 5.80. The van der Waals surface area contributed by atoms with Gasteiger partial charge in [-0.3, -0.25) is 4.90 Å². The van der Waals surface area contributed by atoms with Gasteiger partial charge in [-0.15, -0.1) is 0 Å². The van der Waals surface area contributed by atoms with Crippen LogP contribution < -0.4 is 4.90 Å². The Morgan fingerprint density at radius 1 is 0.629 bits per heavy atom. The molecule has 174 valence electrons. The average molecular weight is 457 g/mol. The summed E-state index contributed by atoms with van der Waals surface area (Å²) in [6.45, 7) is 1.06. The second-order valence-electron chi connectivity index (χ2n) is 9.76. The third-order valence-electron chi connectivity index (χ3n) is 7.51. The van der Waals surface area contributed by atoms with E-state index in [2.05, 4.69) is 131 Å². The highest BCUT2D eigenvalue weighted by Crippen LogP contribution is 2.39. The number of nitrogens with zero attached hydrogens (tertiary/aromatic N) is 2. The SMILES string of the molecule is C1=C(c2ccc(N(c3ccccc3)c3ccccc3)cc2)CC2CCCC1N2Cc1ccccc1. The van der Waals surface area contributed by atoms with Crippen LogP contribution in [0.15, 0.2) is 121 Å². The van der Waals surface area contributed by atoms with E-state index in [1.54, 1.807) is 0 Å².